The number of carbonyl (C=O) groups is 1. The van der Waals surface area contributed by atoms with E-state index in [1.807, 2.05) is 31.2 Å². The Bertz CT molecular complexity index is 811. The van der Waals surface area contributed by atoms with Crippen molar-refractivity contribution in [2.24, 2.45) is 0 Å². The molecule has 0 radical (unpaired) electrons. The number of hydrogen-bond donors (Lipinski definition) is 1. The highest BCUT2D eigenvalue weighted by atomic mass is 16.5. The van der Waals surface area contributed by atoms with Crippen LogP contribution in [0.25, 0.3) is 0 Å². The molecule has 0 amide bonds. The fraction of sp³-hybridized carbons (Fsp3) is 0.409. The number of piperidine rings is 1. The van der Waals surface area contributed by atoms with Crippen LogP contribution in [0.1, 0.15) is 34.3 Å². The van der Waals surface area contributed by atoms with Gasteiger partial charge >= 0.3 is 5.97 Å². The molecular formula is C22H28N2O3. The van der Waals surface area contributed by atoms with Crippen molar-refractivity contribution >= 4 is 17.3 Å². The molecule has 0 aromatic heterocycles. The first-order chi connectivity index (χ1) is 13.0. The van der Waals surface area contributed by atoms with Gasteiger partial charge in [-0.05, 0) is 56.0 Å². The van der Waals surface area contributed by atoms with Gasteiger partial charge in [0.05, 0.1) is 19.8 Å². The molecule has 0 spiro atoms. The maximum atomic E-state index is 12.0. The van der Waals surface area contributed by atoms with Gasteiger partial charge in [-0.2, -0.15) is 0 Å². The van der Waals surface area contributed by atoms with Crippen molar-refractivity contribution in [3.8, 4) is 5.75 Å². The third-order valence-electron chi connectivity index (χ3n) is 5.25. The fourth-order valence-corrected chi connectivity index (χ4v) is 3.65. The van der Waals surface area contributed by atoms with Gasteiger partial charge in [0, 0.05) is 36.6 Å². The summed E-state index contributed by atoms with van der Waals surface area (Å²) in [6, 6.07) is 12.6. The Morgan fingerprint density at radius 3 is 2.48 bits per heavy atom. The topological polar surface area (TPSA) is 50.8 Å². The monoisotopic (exact) mass is 368 g/mol. The molecule has 27 heavy (non-hydrogen) atoms. The number of carbonyl (C=O) groups excluding carboxylic acids is 1. The number of rotatable bonds is 5. The van der Waals surface area contributed by atoms with Gasteiger partial charge in [0.15, 0.2) is 0 Å². The highest BCUT2D eigenvalue weighted by molar-refractivity contribution is 5.92. The predicted molar refractivity (Wildman–Crippen MR) is 109 cm³/mol. The van der Waals surface area contributed by atoms with E-state index in [9.17, 15) is 4.79 Å². The van der Waals surface area contributed by atoms with Crippen LogP contribution >= 0.6 is 0 Å². The van der Waals surface area contributed by atoms with Crippen molar-refractivity contribution in [3.05, 3.63) is 53.1 Å². The molecule has 0 aliphatic carbocycles. The molecule has 1 saturated heterocycles. The van der Waals surface area contributed by atoms with Crippen molar-refractivity contribution in [2.45, 2.75) is 32.7 Å². The summed E-state index contributed by atoms with van der Waals surface area (Å²) < 4.78 is 10.2. The number of nitrogens with one attached hydrogen (secondary N) is 1. The Kier molecular flexibility index (Phi) is 5.89. The van der Waals surface area contributed by atoms with Crippen LogP contribution in [0, 0.1) is 13.8 Å². The maximum absolute atomic E-state index is 12.0. The molecule has 1 fully saturated rings. The lowest BCUT2D eigenvalue weighted by molar-refractivity contribution is 0.0600. The lowest BCUT2D eigenvalue weighted by atomic mass is 10.0. The van der Waals surface area contributed by atoms with Crippen LogP contribution in [-0.2, 0) is 4.74 Å². The molecule has 1 N–H and O–H groups in total. The van der Waals surface area contributed by atoms with Crippen molar-refractivity contribution in [1.29, 1.82) is 0 Å². The van der Waals surface area contributed by atoms with E-state index in [4.69, 9.17) is 9.47 Å². The van der Waals surface area contributed by atoms with Crippen LogP contribution in [0.4, 0.5) is 11.4 Å². The van der Waals surface area contributed by atoms with E-state index in [-0.39, 0.29) is 5.97 Å². The number of anilines is 2. The van der Waals surface area contributed by atoms with Crippen LogP contribution in [-0.4, -0.2) is 39.3 Å². The molecule has 2 aromatic rings. The number of aryl methyl sites for hydroxylation is 2. The van der Waals surface area contributed by atoms with Crippen molar-refractivity contribution in [3.63, 3.8) is 0 Å². The molecule has 5 heteroatoms. The molecule has 2 aromatic carbocycles. The summed E-state index contributed by atoms with van der Waals surface area (Å²) in [6.45, 7) is 5.98. The van der Waals surface area contributed by atoms with E-state index in [0.29, 0.717) is 11.6 Å². The minimum Gasteiger partial charge on any atom is -0.497 e. The van der Waals surface area contributed by atoms with Gasteiger partial charge in [-0.3, -0.25) is 0 Å². The molecule has 3 rings (SSSR count). The summed E-state index contributed by atoms with van der Waals surface area (Å²) in [5.74, 6) is 0.599. The number of benzene rings is 2. The van der Waals surface area contributed by atoms with E-state index < -0.39 is 0 Å². The second-order valence-corrected chi connectivity index (χ2v) is 7.08. The smallest absolute Gasteiger partial charge is 0.338 e. The molecule has 1 aliphatic rings. The van der Waals surface area contributed by atoms with E-state index in [1.165, 1.54) is 12.8 Å². The van der Waals surface area contributed by atoms with Crippen LogP contribution in [0.15, 0.2) is 36.4 Å². The highest BCUT2D eigenvalue weighted by Gasteiger charge is 2.21. The molecule has 1 aliphatic heterocycles. The first kappa shape index (κ1) is 19.1. The van der Waals surface area contributed by atoms with Gasteiger partial charge in [-0.15, -0.1) is 0 Å². The summed E-state index contributed by atoms with van der Waals surface area (Å²) in [7, 11) is 3.12. The number of ether oxygens (including phenoxy) is 2. The van der Waals surface area contributed by atoms with Gasteiger partial charge in [0.2, 0.25) is 0 Å². The number of hydrogen-bond acceptors (Lipinski definition) is 5. The van der Waals surface area contributed by atoms with E-state index in [2.05, 4.69) is 29.3 Å². The zero-order valence-electron chi connectivity index (χ0n) is 16.5. The lowest BCUT2D eigenvalue weighted by Gasteiger charge is -2.35. The second kappa shape index (κ2) is 8.33. The summed E-state index contributed by atoms with van der Waals surface area (Å²) in [5, 5.41) is 3.63. The zero-order valence-corrected chi connectivity index (χ0v) is 16.5. The van der Waals surface area contributed by atoms with Crippen molar-refractivity contribution in [2.75, 3.05) is 37.5 Å². The molecule has 1 heterocycles. The lowest BCUT2D eigenvalue weighted by Crippen LogP contribution is -2.39. The average molecular weight is 368 g/mol. The summed E-state index contributed by atoms with van der Waals surface area (Å²) >= 11 is 0. The standard InChI is InChI=1S/C22H28N2O3/c1-15-12-16(2)21(14-20(15)22(25)27-4)23-17-8-10-24(11-9-17)18-6-5-7-19(13-18)26-3/h5-7,12-14,17,23H,8-11H2,1-4H3. The minimum atomic E-state index is -0.289. The minimum absolute atomic E-state index is 0.289. The third kappa shape index (κ3) is 4.35. The fourth-order valence-electron chi connectivity index (χ4n) is 3.65. The second-order valence-electron chi connectivity index (χ2n) is 7.08. The quantitative estimate of drug-likeness (QED) is 0.803. The molecule has 0 unspecified atom stereocenters. The first-order valence-electron chi connectivity index (χ1n) is 9.37. The summed E-state index contributed by atoms with van der Waals surface area (Å²) in [4.78, 5) is 14.4. The Balaban J connectivity index is 1.66. The van der Waals surface area contributed by atoms with E-state index >= 15 is 0 Å². The predicted octanol–water partition coefficient (Wildman–Crippen LogP) is 4.18. The van der Waals surface area contributed by atoms with Crippen LogP contribution in [0.5, 0.6) is 5.75 Å². The van der Waals surface area contributed by atoms with Crippen LogP contribution < -0.4 is 15.0 Å². The molecule has 144 valence electrons. The number of nitrogens with zero attached hydrogens (tertiary/aromatic N) is 1. The Labute approximate surface area is 161 Å². The van der Waals surface area contributed by atoms with Crippen molar-refractivity contribution in [1.82, 2.24) is 0 Å². The van der Waals surface area contributed by atoms with Gasteiger partial charge in [0.25, 0.3) is 0 Å². The first-order valence-corrected chi connectivity index (χ1v) is 9.37. The number of methoxy groups -OCH3 is 2. The molecule has 5 nitrogen and oxygen atoms in total. The average Bonchev–Trinajstić information content (AvgIpc) is 2.70. The third-order valence-corrected chi connectivity index (χ3v) is 5.25. The summed E-state index contributed by atoms with van der Waals surface area (Å²) in [6.07, 6.45) is 2.08. The molecule has 0 bridgehead atoms. The van der Waals surface area contributed by atoms with E-state index in [1.54, 1.807) is 7.11 Å². The number of esters is 1. The van der Waals surface area contributed by atoms with Gasteiger partial charge < -0.3 is 19.7 Å². The van der Waals surface area contributed by atoms with Gasteiger partial charge in [-0.25, -0.2) is 4.79 Å². The zero-order chi connectivity index (χ0) is 19.4. The van der Waals surface area contributed by atoms with Crippen LogP contribution in [0.3, 0.4) is 0 Å². The summed E-state index contributed by atoms with van der Waals surface area (Å²) in [5.41, 5.74) is 4.93. The van der Waals surface area contributed by atoms with E-state index in [0.717, 1.165) is 48.5 Å². The normalized spacial score (nSPS) is 14.7. The molecular weight excluding hydrogens is 340 g/mol. The van der Waals surface area contributed by atoms with Crippen molar-refractivity contribution < 1.29 is 14.3 Å². The van der Waals surface area contributed by atoms with Gasteiger partial charge in [0.1, 0.15) is 5.75 Å². The molecule has 0 saturated carbocycles. The Morgan fingerprint density at radius 2 is 1.81 bits per heavy atom. The highest BCUT2D eigenvalue weighted by Crippen LogP contribution is 2.27. The van der Waals surface area contributed by atoms with Gasteiger partial charge in [-0.1, -0.05) is 12.1 Å². The Hall–Kier alpha value is -2.69. The largest absolute Gasteiger partial charge is 0.497 e. The molecule has 0 atom stereocenters. The maximum Gasteiger partial charge on any atom is 0.338 e. The Morgan fingerprint density at radius 1 is 1.07 bits per heavy atom. The van der Waals surface area contributed by atoms with Crippen LogP contribution in [0.2, 0.25) is 0 Å². The SMILES string of the molecule is COC(=O)c1cc(NC2CCN(c3cccc(OC)c3)CC2)c(C)cc1C.